The van der Waals surface area contributed by atoms with Crippen LogP contribution in [0.4, 0.5) is 0 Å². The highest BCUT2D eigenvalue weighted by Gasteiger charge is 2.25. The topological polar surface area (TPSA) is 82.9 Å². The van der Waals surface area contributed by atoms with Gasteiger partial charge in [-0.15, -0.1) is 0 Å². The van der Waals surface area contributed by atoms with Gasteiger partial charge in [0.25, 0.3) is 11.8 Å². The fourth-order valence-corrected chi connectivity index (χ4v) is 2.68. The minimum absolute atomic E-state index is 0.0289. The van der Waals surface area contributed by atoms with Crippen molar-refractivity contribution in [2.45, 2.75) is 0 Å². The van der Waals surface area contributed by atoms with Gasteiger partial charge in [-0.1, -0.05) is 18.2 Å². The molecule has 0 spiro atoms. The Kier molecular flexibility index (Phi) is 5.13. The van der Waals surface area contributed by atoms with Crippen molar-refractivity contribution in [3.63, 3.8) is 0 Å². The van der Waals surface area contributed by atoms with E-state index in [-0.39, 0.29) is 24.1 Å². The van der Waals surface area contributed by atoms with Crippen LogP contribution in [-0.4, -0.2) is 60.2 Å². The van der Waals surface area contributed by atoms with Gasteiger partial charge in [0.1, 0.15) is 0 Å². The van der Waals surface area contributed by atoms with Crippen LogP contribution in [0, 0.1) is 0 Å². The van der Waals surface area contributed by atoms with Crippen LogP contribution in [0.15, 0.2) is 53.1 Å². The number of furan rings is 1. The molecule has 1 aliphatic heterocycles. The lowest BCUT2D eigenvalue weighted by Crippen LogP contribution is -2.52. The number of hydrogen-bond acceptors (Lipinski definition) is 4. The Hall–Kier alpha value is -3.09. The Morgan fingerprint density at radius 1 is 0.920 bits per heavy atom. The quantitative estimate of drug-likeness (QED) is 0.899. The number of amides is 3. The van der Waals surface area contributed by atoms with E-state index >= 15 is 0 Å². The van der Waals surface area contributed by atoms with E-state index in [0.717, 1.165) is 0 Å². The van der Waals surface area contributed by atoms with Crippen LogP contribution >= 0.6 is 0 Å². The number of piperazine rings is 1. The van der Waals surface area contributed by atoms with E-state index in [1.807, 2.05) is 18.2 Å². The van der Waals surface area contributed by atoms with Crippen molar-refractivity contribution in [2.75, 3.05) is 32.7 Å². The van der Waals surface area contributed by atoms with E-state index < -0.39 is 5.91 Å². The summed E-state index contributed by atoms with van der Waals surface area (Å²) in [7, 11) is 0. The van der Waals surface area contributed by atoms with Gasteiger partial charge < -0.3 is 19.5 Å². The average Bonchev–Trinajstić information content (AvgIpc) is 3.21. The van der Waals surface area contributed by atoms with Gasteiger partial charge in [-0.3, -0.25) is 14.4 Å². The number of nitrogens with one attached hydrogen (secondary N) is 1. The molecule has 25 heavy (non-hydrogen) atoms. The van der Waals surface area contributed by atoms with E-state index in [2.05, 4.69) is 5.32 Å². The first-order valence-electron chi connectivity index (χ1n) is 8.09. The van der Waals surface area contributed by atoms with Gasteiger partial charge >= 0.3 is 0 Å². The number of carbonyl (C=O) groups is 3. The van der Waals surface area contributed by atoms with Gasteiger partial charge in [0.15, 0.2) is 5.76 Å². The molecule has 1 saturated heterocycles. The van der Waals surface area contributed by atoms with Gasteiger partial charge in [0.2, 0.25) is 5.91 Å². The maximum absolute atomic E-state index is 12.4. The number of nitrogens with zero attached hydrogens (tertiary/aromatic N) is 2. The first kappa shape index (κ1) is 16.8. The molecule has 0 radical (unpaired) electrons. The fourth-order valence-electron chi connectivity index (χ4n) is 2.68. The lowest BCUT2D eigenvalue weighted by Gasteiger charge is -2.34. The van der Waals surface area contributed by atoms with Crippen LogP contribution in [0.25, 0.3) is 0 Å². The number of benzene rings is 1. The molecule has 1 N–H and O–H groups in total. The Morgan fingerprint density at radius 3 is 2.24 bits per heavy atom. The SMILES string of the molecule is O=C(NCC(=O)N1CCN(C(=O)c2ccccc2)CC1)c1ccco1. The molecule has 7 heteroatoms. The molecule has 3 rings (SSSR count). The zero-order chi connectivity index (χ0) is 17.6. The van der Waals surface area contributed by atoms with Crippen molar-refractivity contribution in [3.05, 3.63) is 60.1 Å². The van der Waals surface area contributed by atoms with Gasteiger partial charge in [0, 0.05) is 31.7 Å². The molecule has 1 fully saturated rings. The van der Waals surface area contributed by atoms with Gasteiger partial charge in [-0.05, 0) is 24.3 Å². The van der Waals surface area contributed by atoms with E-state index in [9.17, 15) is 14.4 Å². The Labute approximate surface area is 145 Å². The van der Waals surface area contributed by atoms with E-state index in [0.29, 0.717) is 31.7 Å². The third kappa shape index (κ3) is 4.06. The maximum atomic E-state index is 12.4. The third-order valence-corrected chi connectivity index (χ3v) is 4.09. The molecule has 2 aromatic rings. The highest BCUT2D eigenvalue weighted by Crippen LogP contribution is 2.09. The van der Waals surface area contributed by atoms with Crippen LogP contribution < -0.4 is 5.32 Å². The molecule has 1 aliphatic rings. The van der Waals surface area contributed by atoms with Crippen molar-refractivity contribution in [1.82, 2.24) is 15.1 Å². The predicted octanol–water partition coefficient (Wildman–Crippen LogP) is 0.994. The summed E-state index contributed by atoms with van der Waals surface area (Å²) in [6.45, 7) is 1.77. The summed E-state index contributed by atoms with van der Waals surface area (Å²) in [5.41, 5.74) is 0.646. The predicted molar refractivity (Wildman–Crippen MR) is 90.0 cm³/mol. The molecule has 7 nitrogen and oxygen atoms in total. The molecule has 0 bridgehead atoms. The van der Waals surface area contributed by atoms with E-state index in [4.69, 9.17) is 4.42 Å². The summed E-state index contributed by atoms with van der Waals surface area (Å²) < 4.78 is 4.97. The molecule has 3 amide bonds. The van der Waals surface area contributed by atoms with Crippen molar-refractivity contribution in [2.24, 2.45) is 0 Å². The summed E-state index contributed by atoms with van der Waals surface area (Å²) >= 11 is 0. The lowest BCUT2D eigenvalue weighted by atomic mass is 10.2. The molecule has 0 saturated carbocycles. The van der Waals surface area contributed by atoms with Crippen LogP contribution in [0.1, 0.15) is 20.9 Å². The minimum atomic E-state index is -0.420. The van der Waals surface area contributed by atoms with Gasteiger partial charge in [0.05, 0.1) is 12.8 Å². The molecule has 130 valence electrons. The van der Waals surface area contributed by atoms with Gasteiger partial charge in [-0.2, -0.15) is 0 Å². The molecular formula is C18H19N3O4. The zero-order valence-corrected chi connectivity index (χ0v) is 13.7. The summed E-state index contributed by atoms with van der Waals surface area (Å²) in [5, 5.41) is 2.54. The highest BCUT2D eigenvalue weighted by atomic mass is 16.3. The second-order valence-corrected chi connectivity index (χ2v) is 5.70. The smallest absolute Gasteiger partial charge is 0.287 e. The molecule has 1 aromatic carbocycles. The largest absolute Gasteiger partial charge is 0.459 e. The molecule has 0 aliphatic carbocycles. The monoisotopic (exact) mass is 341 g/mol. The highest BCUT2D eigenvalue weighted by molar-refractivity contribution is 5.95. The Balaban J connectivity index is 1.46. The van der Waals surface area contributed by atoms with Gasteiger partial charge in [-0.25, -0.2) is 0 Å². The van der Waals surface area contributed by atoms with Crippen molar-refractivity contribution >= 4 is 17.7 Å². The minimum Gasteiger partial charge on any atom is -0.459 e. The standard InChI is InChI=1S/C18H19N3O4/c22-16(13-19-17(23)15-7-4-12-25-15)20-8-10-21(11-9-20)18(24)14-5-2-1-3-6-14/h1-7,12H,8-11,13H2,(H,19,23). The second-order valence-electron chi connectivity index (χ2n) is 5.70. The first-order chi connectivity index (χ1) is 12.1. The molecule has 2 heterocycles. The van der Waals surface area contributed by atoms with Crippen LogP contribution in [0.3, 0.4) is 0 Å². The van der Waals surface area contributed by atoms with Crippen LogP contribution in [-0.2, 0) is 4.79 Å². The number of hydrogen-bond donors (Lipinski definition) is 1. The third-order valence-electron chi connectivity index (χ3n) is 4.09. The average molecular weight is 341 g/mol. The molecule has 1 aromatic heterocycles. The van der Waals surface area contributed by atoms with Crippen LogP contribution in [0.2, 0.25) is 0 Å². The summed E-state index contributed by atoms with van der Waals surface area (Å²) in [5.74, 6) is -0.451. The molecule has 0 atom stereocenters. The molecular weight excluding hydrogens is 322 g/mol. The molecule has 0 unspecified atom stereocenters. The lowest BCUT2D eigenvalue weighted by molar-refractivity contribution is -0.131. The van der Waals surface area contributed by atoms with Crippen LogP contribution in [0.5, 0.6) is 0 Å². The van der Waals surface area contributed by atoms with E-state index in [1.54, 1.807) is 28.0 Å². The Morgan fingerprint density at radius 2 is 1.60 bits per heavy atom. The first-order valence-corrected chi connectivity index (χ1v) is 8.09. The van der Waals surface area contributed by atoms with Crippen molar-refractivity contribution < 1.29 is 18.8 Å². The fraction of sp³-hybridized carbons (Fsp3) is 0.278. The normalized spacial score (nSPS) is 14.2. The number of rotatable bonds is 4. The number of carbonyl (C=O) groups excluding carboxylic acids is 3. The summed E-state index contributed by atoms with van der Waals surface area (Å²) in [6.07, 6.45) is 1.40. The van der Waals surface area contributed by atoms with E-state index in [1.165, 1.54) is 12.3 Å². The van der Waals surface area contributed by atoms with Crippen molar-refractivity contribution in [3.8, 4) is 0 Å². The van der Waals surface area contributed by atoms with Crippen molar-refractivity contribution in [1.29, 1.82) is 0 Å². The Bertz CT molecular complexity index is 735. The summed E-state index contributed by atoms with van der Waals surface area (Å²) in [6, 6.07) is 12.2. The second kappa shape index (κ2) is 7.65. The maximum Gasteiger partial charge on any atom is 0.287 e. The zero-order valence-electron chi connectivity index (χ0n) is 13.7. The summed E-state index contributed by atoms with van der Waals surface area (Å²) in [4.78, 5) is 39.7.